The minimum atomic E-state index is -0.499. The third-order valence-electron chi connectivity index (χ3n) is 4.28. The molecule has 0 unspecified atom stereocenters. The predicted molar refractivity (Wildman–Crippen MR) is 96.7 cm³/mol. The van der Waals surface area contributed by atoms with Crippen molar-refractivity contribution < 1.29 is 14.3 Å². The van der Waals surface area contributed by atoms with Crippen molar-refractivity contribution in [3.8, 4) is 0 Å². The number of hydrogen-bond acceptors (Lipinski definition) is 4. The third-order valence-corrected chi connectivity index (χ3v) is 4.28. The Morgan fingerprint density at radius 3 is 2.44 bits per heavy atom. The van der Waals surface area contributed by atoms with Crippen LogP contribution in [0.4, 0.5) is 5.69 Å². The van der Waals surface area contributed by atoms with Gasteiger partial charge in [-0.25, -0.2) is 0 Å². The van der Waals surface area contributed by atoms with Gasteiger partial charge in [0, 0.05) is 24.3 Å². The number of ether oxygens (including phenoxy) is 1. The number of benzene rings is 2. The van der Waals surface area contributed by atoms with E-state index in [-0.39, 0.29) is 11.7 Å². The Morgan fingerprint density at radius 2 is 1.76 bits per heavy atom. The topological polar surface area (TPSA) is 58.6 Å². The highest BCUT2D eigenvalue weighted by Crippen LogP contribution is 2.23. The number of carbonyl (C=O) groups is 2. The van der Waals surface area contributed by atoms with E-state index in [1.807, 2.05) is 47.4 Å². The van der Waals surface area contributed by atoms with Crippen molar-refractivity contribution in [3.63, 3.8) is 0 Å². The van der Waals surface area contributed by atoms with Crippen LogP contribution in [0.3, 0.4) is 0 Å². The molecular weight excluding hydrogens is 316 g/mol. The molecule has 2 aromatic rings. The highest BCUT2D eigenvalue weighted by atomic mass is 16.5. The molecule has 2 aromatic carbocycles. The molecule has 5 nitrogen and oxygen atoms in total. The normalized spacial score (nSPS) is 15.5. The quantitative estimate of drug-likeness (QED) is 0.852. The number of Topliss-reactive ketones (excluding diaryl/α,β-unsaturated/α-hetero) is 1. The van der Waals surface area contributed by atoms with Crippen molar-refractivity contribution >= 4 is 17.4 Å². The molecule has 25 heavy (non-hydrogen) atoms. The average Bonchev–Trinajstić information content (AvgIpc) is 2.67. The first kappa shape index (κ1) is 17.2. The van der Waals surface area contributed by atoms with E-state index in [1.54, 1.807) is 12.1 Å². The lowest BCUT2D eigenvalue weighted by Crippen LogP contribution is -2.44. The second-order valence-corrected chi connectivity index (χ2v) is 6.06. The Balaban J connectivity index is 1.87. The molecule has 1 fully saturated rings. The summed E-state index contributed by atoms with van der Waals surface area (Å²) in [5, 5.41) is 3.30. The fraction of sp³-hybridized carbons (Fsp3) is 0.300. The van der Waals surface area contributed by atoms with E-state index >= 15 is 0 Å². The summed E-state index contributed by atoms with van der Waals surface area (Å²) in [5.74, 6) is 0.0159. The van der Waals surface area contributed by atoms with Crippen LogP contribution in [-0.2, 0) is 9.53 Å². The molecule has 0 spiro atoms. The lowest BCUT2D eigenvalue weighted by molar-refractivity contribution is -0.136. The summed E-state index contributed by atoms with van der Waals surface area (Å²) >= 11 is 0. The van der Waals surface area contributed by atoms with Crippen LogP contribution in [0.15, 0.2) is 54.6 Å². The predicted octanol–water partition coefficient (Wildman–Crippen LogP) is 2.90. The van der Waals surface area contributed by atoms with Crippen LogP contribution >= 0.6 is 0 Å². The molecule has 130 valence electrons. The van der Waals surface area contributed by atoms with Gasteiger partial charge in [-0.15, -0.1) is 0 Å². The Morgan fingerprint density at radius 1 is 1.04 bits per heavy atom. The zero-order valence-electron chi connectivity index (χ0n) is 14.3. The molecule has 0 radical (unpaired) electrons. The minimum Gasteiger partial charge on any atom is -0.378 e. The van der Waals surface area contributed by atoms with Crippen molar-refractivity contribution in [1.82, 2.24) is 4.90 Å². The van der Waals surface area contributed by atoms with Crippen LogP contribution < -0.4 is 5.32 Å². The fourth-order valence-electron chi connectivity index (χ4n) is 2.89. The Kier molecular flexibility index (Phi) is 5.46. The van der Waals surface area contributed by atoms with Gasteiger partial charge in [-0.3, -0.25) is 9.59 Å². The van der Waals surface area contributed by atoms with Crippen molar-refractivity contribution in [1.29, 1.82) is 0 Å². The summed E-state index contributed by atoms with van der Waals surface area (Å²) in [6.45, 7) is 3.85. The maximum atomic E-state index is 13.1. The van der Waals surface area contributed by atoms with Crippen LogP contribution in [-0.4, -0.2) is 42.9 Å². The first-order chi connectivity index (χ1) is 12.1. The molecule has 0 bridgehead atoms. The molecule has 1 saturated heterocycles. The molecule has 5 heteroatoms. The zero-order valence-corrected chi connectivity index (χ0v) is 14.3. The van der Waals surface area contributed by atoms with Gasteiger partial charge in [0.1, 0.15) is 6.04 Å². The van der Waals surface area contributed by atoms with Gasteiger partial charge in [0.25, 0.3) is 0 Å². The molecule has 3 rings (SSSR count). The monoisotopic (exact) mass is 338 g/mol. The molecule has 0 aliphatic carbocycles. The van der Waals surface area contributed by atoms with E-state index in [2.05, 4.69) is 5.32 Å². The molecule has 1 N–H and O–H groups in total. The second-order valence-electron chi connectivity index (χ2n) is 6.06. The number of ketones is 1. The smallest absolute Gasteiger partial charge is 0.249 e. The number of morpholine rings is 1. The Labute approximate surface area is 147 Å². The van der Waals surface area contributed by atoms with E-state index in [4.69, 9.17) is 4.74 Å². The number of amides is 1. The highest BCUT2D eigenvalue weighted by Gasteiger charge is 2.27. The number of carbonyl (C=O) groups excluding carboxylic acids is 2. The van der Waals surface area contributed by atoms with Crippen LogP contribution in [0.2, 0.25) is 0 Å². The first-order valence-corrected chi connectivity index (χ1v) is 8.44. The average molecular weight is 338 g/mol. The summed E-state index contributed by atoms with van der Waals surface area (Å²) < 4.78 is 5.34. The van der Waals surface area contributed by atoms with Crippen LogP contribution in [0.1, 0.15) is 28.9 Å². The van der Waals surface area contributed by atoms with Gasteiger partial charge in [0.15, 0.2) is 5.78 Å². The van der Waals surface area contributed by atoms with Crippen molar-refractivity contribution in [2.45, 2.75) is 13.0 Å². The van der Waals surface area contributed by atoms with Crippen LogP contribution in [0.25, 0.3) is 0 Å². The molecule has 1 atom stereocenters. The molecule has 1 amide bonds. The minimum absolute atomic E-state index is 0.000540. The third kappa shape index (κ3) is 4.25. The van der Waals surface area contributed by atoms with Gasteiger partial charge in [0.2, 0.25) is 5.91 Å². The van der Waals surface area contributed by atoms with Crippen LogP contribution in [0.5, 0.6) is 0 Å². The Bertz CT molecular complexity index is 740. The number of anilines is 1. The van der Waals surface area contributed by atoms with Gasteiger partial charge in [-0.05, 0) is 24.6 Å². The van der Waals surface area contributed by atoms with Crippen molar-refractivity contribution in [3.05, 3.63) is 65.7 Å². The number of nitrogens with zero attached hydrogens (tertiary/aromatic N) is 1. The maximum Gasteiger partial charge on any atom is 0.249 e. The summed E-state index contributed by atoms with van der Waals surface area (Å²) in [6.07, 6.45) is 0. The largest absolute Gasteiger partial charge is 0.378 e. The van der Waals surface area contributed by atoms with Gasteiger partial charge in [-0.2, -0.15) is 0 Å². The lowest BCUT2D eigenvalue weighted by atomic mass is 10.0. The standard InChI is InChI=1S/C20H22N2O3/c1-15(23)17-8-5-9-18(14-17)21-19(16-6-3-2-4-7-16)20(24)22-10-12-25-13-11-22/h2-9,14,19,21H,10-13H2,1H3/t19-/m0/s1. The second kappa shape index (κ2) is 7.94. The molecule has 0 aromatic heterocycles. The van der Waals surface area contributed by atoms with E-state index in [0.717, 1.165) is 11.3 Å². The van der Waals surface area contributed by atoms with Gasteiger partial charge in [0.05, 0.1) is 13.2 Å². The van der Waals surface area contributed by atoms with Crippen molar-refractivity contribution in [2.75, 3.05) is 31.6 Å². The van der Waals surface area contributed by atoms with Gasteiger partial charge >= 0.3 is 0 Å². The van der Waals surface area contributed by atoms with E-state index < -0.39 is 6.04 Å². The summed E-state index contributed by atoms with van der Waals surface area (Å²) in [6, 6.07) is 16.4. The van der Waals surface area contributed by atoms with E-state index in [1.165, 1.54) is 6.92 Å². The number of nitrogens with one attached hydrogen (secondary N) is 1. The molecular formula is C20H22N2O3. The lowest BCUT2D eigenvalue weighted by Gasteiger charge is -2.31. The molecule has 1 aliphatic rings. The summed E-state index contributed by atoms with van der Waals surface area (Å²) in [7, 11) is 0. The van der Waals surface area contributed by atoms with Gasteiger partial charge in [-0.1, -0.05) is 42.5 Å². The summed E-state index contributed by atoms with van der Waals surface area (Å²) in [4.78, 5) is 26.5. The SMILES string of the molecule is CC(=O)c1cccc(N[C@H](C(=O)N2CCOCC2)c2ccccc2)c1. The summed E-state index contributed by atoms with van der Waals surface area (Å²) in [5.41, 5.74) is 2.27. The van der Waals surface area contributed by atoms with Crippen molar-refractivity contribution in [2.24, 2.45) is 0 Å². The fourth-order valence-corrected chi connectivity index (χ4v) is 2.89. The maximum absolute atomic E-state index is 13.1. The van der Waals surface area contributed by atoms with E-state index in [0.29, 0.717) is 31.9 Å². The first-order valence-electron chi connectivity index (χ1n) is 8.44. The van der Waals surface area contributed by atoms with Crippen LogP contribution in [0, 0.1) is 0 Å². The highest BCUT2D eigenvalue weighted by molar-refractivity contribution is 5.95. The van der Waals surface area contributed by atoms with Gasteiger partial charge < -0.3 is 15.0 Å². The van der Waals surface area contributed by atoms with E-state index in [9.17, 15) is 9.59 Å². The number of hydrogen-bond donors (Lipinski definition) is 1. The molecule has 0 saturated carbocycles. The Hall–Kier alpha value is -2.66. The molecule has 1 heterocycles. The zero-order chi connectivity index (χ0) is 17.6. The number of rotatable bonds is 5. The molecule has 1 aliphatic heterocycles.